The van der Waals surface area contributed by atoms with E-state index in [9.17, 15) is 4.79 Å². The van der Waals surface area contributed by atoms with Crippen LogP contribution in [0.2, 0.25) is 0 Å². The minimum absolute atomic E-state index is 0.243. The summed E-state index contributed by atoms with van der Waals surface area (Å²) in [6.45, 7) is 6.20. The zero-order chi connectivity index (χ0) is 17.6. The van der Waals surface area contributed by atoms with Gasteiger partial charge in [-0.2, -0.15) is 0 Å². The fraction of sp³-hybridized carbons (Fsp3) is 0.389. The SMILES string of the molecule is CCOc1ccccc1C(=O)Nc1cc(N2CCN(C)CC2)ncn1. The summed E-state index contributed by atoms with van der Waals surface area (Å²) >= 11 is 0. The Hall–Kier alpha value is -2.67. The lowest BCUT2D eigenvalue weighted by Gasteiger charge is -2.33. The molecule has 0 saturated carbocycles. The van der Waals surface area contributed by atoms with Gasteiger partial charge in [-0.25, -0.2) is 9.97 Å². The Balaban J connectivity index is 1.73. The summed E-state index contributed by atoms with van der Waals surface area (Å²) in [5.41, 5.74) is 0.490. The number of piperazine rings is 1. The predicted octanol–water partition coefficient (Wildman–Crippen LogP) is 1.88. The molecule has 1 aromatic carbocycles. The van der Waals surface area contributed by atoms with Gasteiger partial charge in [0, 0.05) is 32.2 Å². The standard InChI is InChI=1S/C18H23N5O2/c1-3-25-15-7-5-4-6-14(15)18(24)21-16-12-17(20-13-19-16)23-10-8-22(2)9-11-23/h4-7,12-13H,3,8-11H2,1-2H3,(H,19,20,21,24). The van der Waals surface area contributed by atoms with Gasteiger partial charge < -0.3 is 19.9 Å². The lowest BCUT2D eigenvalue weighted by molar-refractivity contribution is 0.102. The maximum atomic E-state index is 12.6. The lowest BCUT2D eigenvalue weighted by atomic mass is 10.2. The Morgan fingerprint density at radius 3 is 2.72 bits per heavy atom. The highest BCUT2D eigenvalue weighted by atomic mass is 16.5. The zero-order valence-electron chi connectivity index (χ0n) is 14.6. The largest absolute Gasteiger partial charge is 0.493 e. The number of aromatic nitrogens is 2. The third kappa shape index (κ3) is 4.24. The van der Waals surface area contributed by atoms with E-state index in [1.165, 1.54) is 6.33 Å². The Labute approximate surface area is 147 Å². The van der Waals surface area contributed by atoms with E-state index in [0.717, 1.165) is 32.0 Å². The molecule has 2 aromatic rings. The molecular formula is C18H23N5O2. The summed E-state index contributed by atoms with van der Waals surface area (Å²) in [7, 11) is 2.11. The molecular weight excluding hydrogens is 318 g/mol. The van der Waals surface area contributed by atoms with Crippen molar-refractivity contribution in [1.29, 1.82) is 0 Å². The first-order valence-corrected chi connectivity index (χ1v) is 8.46. The molecule has 1 aromatic heterocycles. The number of carbonyl (C=O) groups excluding carboxylic acids is 1. The quantitative estimate of drug-likeness (QED) is 0.895. The number of amides is 1. The van der Waals surface area contributed by atoms with E-state index in [2.05, 4.69) is 32.1 Å². The normalized spacial score (nSPS) is 15.0. The summed E-state index contributed by atoms with van der Waals surface area (Å²) in [6.07, 6.45) is 1.48. The van der Waals surface area contributed by atoms with Gasteiger partial charge >= 0.3 is 0 Å². The first kappa shape index (κ1) is 17.2. The van der Waals surface area contributed by atoms with E-state index < -0.39 is 0 Å². The van der Waals surface area contributed by atoms with E-state index in [0.29, 0.717) is 23.7 Å². The van der Waals surface area contributed by atoms with Crippen molar-refractivity contribution in [3.8, 4) is 5.75 Å². The number of benzene rings is 1. The summed E-state index contributed by atoms with van der Waals surface area (Å²) in [4.78, 5) is 25.6. The number of carbonyl (C=O) groups is 1. The molecule has 1 saturated heterocycles. The van der Waals surface area contributed by atoms with E-state index in [1.807, 2.05) is 25.1 Å². The molecule has 0 radical (unpaired) electrons. The van der Waals surface area contributed by atoms with Crippen LogP contribution < -0.4 is 15.0 Å². The van der Waals surface area contributed by atoms with Crippen molar-refractivity contribution in [2.45, 2.75) is 6.92 Å². The second-order valence-electron chi connectivity index (χ2n) is 5.94. The van der Waals surface area contributed by atoms with E-state index in [-0.39, 0.29) is 5.91 Å². The number of nitrogens with zero attached hydrogens (tertiary/aromatic N) is 4. The first-order valence-electron chi connectivity index (χ1n) is 8.46. The maximum absolute atomic E-state index is 12.6. The molecule has 0 aliphatic carbocycles. The average Bonchev–Trinajstić information content (AvgIpc) is 2.63. The van der Waals surface area contributed by atoms with Crippen LogP contribution in [-0.4, -0.2) is 60.6 Å². The van der Waals surface area contributed by atoms with E-state index in [4.69, 9.17) is 4.74 Å². The van der Waals surface area contributed by atoms with Gasteiger partial charge in [-0.1, -0.05) is 12.1 Å². The van der Waals surface area contributed by atoms with Crippen LogP contribution in [0.15, 0.2) is 36.7 Å². The summed E-state index contributed by atoms with van der Waals surface area (Å²) in [5.74, 6) is 1.64. The molecule has 0 bridgehead atoms. The molecule has 2 heterocycles. The molecule has 0 spiro atoms. The predicted molar refractivity (Wildman–Crippen MR) is 97.3 cm³/mol. The fourth-order valence-electron chi connectivity index (χ4n) is 2.74. The number of likely N-dealkylation sites (N-methyl/N-ethyl adjacent to an activating group) is 1. The zero-order valence-corrected chi connectivity index (χ0v) is 14.6. The van der Waals surface area contributed by atoms with Crippen molar-refractivity contribution in [1.82, 2.24) is 14.9 Å². The third-order valence-electron chi connectivity index (χ3n) is 4.15. The van der Waals surface area contributed by atoms with Gasteiger partial charge in [0.25, 0.3) is 5.91 Å². The minimum atomic E-state index is -0.243. The van der Waals surface area contributed by atoms with Crippen LogP contribution in [0.3, 0.4) is 0 Å². The van der Waals surface area contributed by atoms with Crippen molar-refractivity contribution in [3.63, 3.8) is 0 Å². The molecule has 1 aliphatic rings. The Kier molecular flexibility index (Phi) is 5.45. The van der Waals surface area contributed by atoms with E-state index >= 15 is 0 Å². The van der Waals surface area contributed by atoms with Crippen LogP contribution >= 0.6 is 0 Å². The summed E-state index contributed by atoms with van der Waals surface area (Å²) < 4.78 is 5.52. The van der Waals surface area contributed by atoms with Crippen molar-refractivity contribution in [2.24, 2.45) is 0 Å². The maximum Gasteiger partial charge on any atom is 0.260 e. The molecule has 1 amide bonds. The van der Waals surface area contributed by atoms with Crippen molar-refractivity contribution >= 4 is 17.5 Å². The highest BCUT2D eigenvalue weighted by Gasteiger charge is 2.17. The van der Waals surface area contributed by atoms with E-state index in [1.54, 1.807) is 12.1 Å². The molecule has 132 valence electrons. The monoisotopic (exact) mass is 341 g/mol. The molecule has 25 heavy (non-hydrogen) atoms. The van der Waals surface area contributed by atoms with Gasteiger partial charge in [0.1, 0.15) is 23.7 Å². The van der Waals surface area contributed by atoms with Crippen LogP contribution in [0.25, 0.3) is 0 Å². The molecule has 1 N–H and O–H groups in total. The molecule has 7 nitrogen and oxygen atoms in total. The molecule has 0 unspecified atom stereocenters. The highest BCUT2D eigenvalue weighted by molar-refractivity contribution is 6.05. The van der Waals surface area contributed by atoms with Crippen molar-refractivity contribution in [3.05, 3.63) is 42.2 Å². The van der Waals surface area contributed by atoms with Crippen LogP contribution in [-0.2, 0) is 0 Å². The smallest absolute Gasteiger partial charge is 0.260 e. The van der Waals surface area contributed by atoms with Crippen LogP contribution in [0.5, 0.6) is 5.75 Å². The van der Waals surface area contributed by atoms with Crippen molar-refractivity contribution < 1.29 is 9.53 Å². The lowest BCUT2D eigenvalue weighted by Crippen LogP contribution is -2.44. The number of para-hydroxylation sites is 1. The second kappa shape index (κ2) is 7.94. The van der Waals surface area contributed by atoms with Gasteiger partial charge in [0.2, 0.25) is 0 Å². The fourth-order valence-corrected chi connectivity index (χ4v) is 2.74. The second-order valence-corrected chi connectivity index (χ2v) is 5.94. The van der Waals surface area contributed by atoms with Crippen LogP contribution in [0, 0.1) is 0 Å². The van der Waals surface area contributed by atoms with Gasteiger partial charge in [0.15, 0.2) is 0 Å². The number of nitrogens with one attached hydrogen (secondary N) is 1. The average molecular weight is 341 g/mol. The minimum Gasteiger partial charge on any atom is -0.493 e. The number of anilines is 2. The Morgan fingerprint density at radius 1 is 1.20 bits per heavy atom. The van der Waals surface area contributed by atoms with Crippen LogP contribution in [0.4, 0.5) is 11.6 Å². The molecule has 1 fully saturated rings. The third-order valence-corrected chi connectivity index (χ3v) is 4.15. The summed E-state index contributed by atoms with van der Waals surface area (Å²) in [6, 6.07) is 8.99. The van der Waals surface area contributed by atoms with Gasteiger partial charge in [0.05, 0.1) is 12.2 Å². The highest BCUT2D eigenvalue weighted by Crippen LogP contribution is 2.20. The van der Waals surface area contributed by atoms with Crippen LogP contribution in [0.1, 0.15) is 17.3 Å². The van der Waals surface area contributed by atoms with Crippen molar-refractivity contribution in [2.75, 3.05) is 50.1 Å². The van der Waals surface area contributed by atoms with Gasteiger partial charge in [-0.15, -0.1) is 0 Å². The molecule has 3 rings (SSSR count). The first-order chi connectivity index (χ1) is 12.2. The van der Waals surface area contributed by atoms with Gasteiger partial charge in [-0.05, 0) is 26.1 Å². The number of ether oxygens (including phenoxy) is 1. The molecule has 1 aliphatic heterocycles. The Bertz CT molecular complexity index is 729. The molecule has 7 heteroatoms. The Morgan fingerprint density at radius 2 is 1.96 bits per heavy atom. The molecule has 0 atom stereocenters. The number of hydrogen-bond acceptors (Lipinski definition) is 6. The summed E-state index contributed by atoms with van der Waals surface area (Å²) in [5, 5.41) is 2.84. The van der Waals surface area contributed by atoms with Gasteiger partial charge in [-0.3, -0.25) is 4.79 Å². The number of hydrogen-bond donors (Lipinski definition) is 1. The topological polar surface area (TPSA) is 70.6 Å². The number of rotatable bonds is 5.